The SMILES string of the molecule is O=C(Cc1cccc(F)c1)N1CCCN(C(=O)C(F)(F)F)CC1. The molecule has 23 heavy (non-hydrogen) atoms. The predicted molar refractivity (Wildman–Crippen MR) is 73.9 cm³/mol. The minimum absolute atomic E-state index is 0.0228. The quantitative estimate of drug-likeness (QED) is 0.777. The Balaban J connectivity index is 1.95. The van der Waals surface area contributed by atoms with Crippen molar-refractivity contribution in [3.8, 4) is 0 Å². The number of halogens is 4. The smallest absolute Gasteiger partial charge is 0.341 e. The maximum Gasteiger partial charge on any atom is 0.471 e. The molecule has 0 aliphatic carbocycles. The van der Waals surface area contributed by atoms with Gasteiger partial charge in [-0.1, -0.05) is 12.1 Å². The highest BCUT2D eigenvalue weighted by atomic mass is 19.4. The van der Waals surface area contributed by atoms with E-state index in [4.69, 9.17) is 0 Å². The van der Waals surface area contributed by atoms with Crippen LogP contribution in [0.3, 0.4) is 0 Å². The molecule has 0 N–H and O–H groups in total. The van der Waals surface area contributed by atoms with Gasteiger partial charge in [0.15, 0.2) is 0 Å². The predicted octanol–water partition coefficient (Wildman–Crippen LogP) is 1.99. The third kappa shape index (κ3) is 4.67. The molecule has 8 heteroatoms. The highest BCUT2D eigenvalue weighted by molar-refractivity contribution is 5.82. The Morgan fingerprint density at radius 2 is 1.70 bits per heavy atom. The van der Waals surface area contributed by atoms with Gasteiger partial charge in [0.05, 0.1) is 6.42 Å². The molecule has 2 rings (SSSR count). The number of carbonyl (C=O) groups excluding carboxylic acids is 2. The average molecular weight is 332 g/mol. The van der Waals surface area contributed by atoms with Crippen LogP contribution in [0.5, 0.6) is 0 Å². The van der Waals surface area contributed by atoms with Gasteiger partial charge in [-0.15, -0.1) is 0 Å². The van der Waals surface area contributed by atoms with Crippen molar-refractivity contribution in [2.24, 2.45) is 0 Å². The van der Waals surface area contributed by atoms with Gasteiger partial charge in [-0.2, -0.15) is 13.2 Å². The summed E-state index contributed by atoms with van der Waals surface area (Å²) in [6.45, 7) is 0.112. The number of amides is 2. The molecule has 126 valence electrons. The van der Waals surface area contributed by atoms with Crippen molar-refractivity contribution in [1.29, 1.82) is 0 Å². The van der Waals surface area contributed by atoms with Crippen LogP contribution in [0.2, 0.25) is 0 Å². The molecule has 1 heterocycles. The van der Waals surface area contributed by atoms with Crippen LogP contribution in [0.25, 0.3) is 0 Å². The third-order valence-corrected chi connectivity index (χ3v) is 3.62. The number of hydrogen-bond acceptors (Lipinski definition) is 2. The van der Waals surface area contributed by atoms with E-state index in [1.54, 1.807) is 6.07 Å². The van der Waals surface area contributed by atoms with Crippen LogP contribution in [-0.2, 0) is 16.0 Å². The minimum atomic E-state index is -4.90. The molecule has 1 aromatic carbocycles. The summed E-state index contributed by atoms with van der Waals surface area (Å²) in [6.07, 6.45) is -4.65. The van der Waals surface area contributed by atoms with Crippen LogP contribution in [0.1, 0.15) is 12.0 Å². The Bertz CT molecular complexity index is 589. The van der Waals surface area contributed by atoms with Crippen LogP contribution in [-0.4, -0.2) is 54.0 Å². The molecular weight excluding hydrogens is 316 g/mol. The maximum atomic E-state index is 13.1. The third-order valence-electron chi connectivity index (χ3n) is 3.62. The number of benzene rings is 1. The van der Waals surface area contributed by atoms with Crippen molar-refractivity contribution in [2.75, 3.05) is 26.2 Å². The molecule has 1 aliphatic heterocycles. The van der Waals surface area contributed by atoms with Gasteiger partial charge in [0.25, 0.3) is 0 Å². The number of nitrogens with zero attached hydrogens (tertiary/aromatic N) is 2. The van der Waals surface area contributed by atoms with Gasteiger partial charge in [0, 0.05) is 26.2 Å². The molecule has 1 fully saturated rings. The van der Waals surface area contributed by atoms with Gasteiger partial charge in [-0.25, -0.2) is 4.39 Å². The van der Waals surface area contributed by atoms with Crippen molar-refractivity contribution in [3.05, 3.63) is 35.6 Å². The van der Waals surface area contributed by atoms with E-state index in [0.29, 0.717) is 5.56 Å². The molecule has 0 bridgehead atoms. The number of hydrogen-bond donors (Lipinski definition) is 0. The van der Waals surface area contributed by atoms with Gasteiger partial charge >= 0.3 is 12.1 Å². The van der Waals surface area contributed by atoms with Crippen molar-refractivity contribution in [2.45, 2.75) is 19.0 Å². The molecule has 0 spiro atoms. The second kappa shape index (κ2) is 6.97. The number of alkyl halides is 3. The van der Waals surface area contributed by atoms with E-state index < -0.39 is 17.9 Å². The first-order chi connectivity index (χ1) is 10.8. The lowest BCUT2D eigenvalue weighted by Gasteiger charge is -2.23. The molecule has 1 saturated heterocycles. The molecular formula is C15H16F4N2O2. The lowest BCUT2D eigenvalue weighted by atomic mass is 10.1. The van der Waals surface area contributed by atoms with Gasteiger partial charge in [-0.3, -0.25) is 9.59 Å². The maximum absolute atomic E-state index is 13.1. The van der Waals surface area contributed by atoms with E-state index in [1.165, 1.54) is 23.1 Å². The van der Waals surface area contributed by atoms with Crippen LogP contribution >= 0.6 is 0 Å². The van der Waals surface area contributed by atoms with E-state index in [-0.39, 0.29) is 44.9 Å². The van der Waals surface area contributed by atoms with E-state index in [9.17, 15) is 27.2 Å². The summed E-state index contributed by atoms with van der Waals surface area (Å²) in [7, 11) is 0. The second-order valence-corrected chi connectivity index (χ2v) is 5.33. The van der Waals surface area contributed by atoms with Gasteiger partial charge in [0.2, 0.25) is 5.91 Å². The van der Waals surface area contributed by atoms with Crippen LogP contribution in [0, 0.1) is 5.82 Å². The Labute approximate surface area is 130 Å². The fourth-order valence-corrected chi connectivity index (χ4v) is 2.48. The molecule has 2 amide bonds. The monoisotopic (exact) mass is 332 g/mol. The largest absolute Gasteiger partial charge is 0.471 e. The first-order valence-corrected chi connectivity index (χ1v) is 7.15. The molecule has 0 radical (unpaired) electrons. The van der Waals surface area contributed by atoms with Crippen LogP contribution in [0.15, 0.2) is 24.3 Å². The molecule has 0 unspecified atom stereocenters. The lowest BCUT2D eigenvalue weighted by molar-refractivity contribution is -0.185. The summed E-state index contributed by atoms with van der Waals surface area (Å²) in [5.41, 5.74) is 0.502. The zero-order valence-electron chi connectivity index (χ0n) is 12.3. The zero-order valence-corrected chi connectivity index (χ0v) is 12.3. The van der Waals surface area contributed by atoms with Crippen LogP contribution in [0.4, 0.5) is 17.6 Å². The first kappa shape index (κ1) is 17.2. The summed E-state index contributed by atoms with van der Waals surface area (Å²) in [6, 6.07) is 5.61. The Kier molecular flexibility index (Phi) is 5.23. The van der Waals surface area contributed by atoms with Gasteiger partial charge in [-0.05, 0) is 24.1 Å². The van der Waals surface area contributed by atoms with Crippen molar-refractivity contribution < 1.29 is 27.2 Å². The standard InChI is InChI=1S/C15H16F4N2O2/c16-12-4-1-3-11(9-12)10-13(22)20-5-2-6-21(8-7-20)14(23)15(17,18)19/h1,3-4,9H,2,5-8,10H2. The molecule has 4 nitrogen and oxygen atoms in total. The highest BCUT2D eigenvalue weighted by Gasteiger charge is 2.42. The fourth-order valence-electron chi connectivity index (χ4n) is 2.48. The summed E-state index contributed by atoms with van der Waals surface area (Å²) >= 11 is 0. The van der Waals surface area contributed by atoms with E-state index in [2.05, 4.69) is 0 Å². The van der Waals surface area contributed by atoms with Gasteiger partial charge < -0.3 is 9.80 Å². The van der Waals surface area contributed by atoms with Crippen molar-refractivity contribution in [3.63, 3.8) is 0 Å². The first-order valence-electron chi connectivity index (χ1n) is 7.15. The van der Waals surface area contributed by atoms with E-state index in [0.717, 1.165) is 4.90 Å². The minimum Gasteiger partial charge on any atom is -0.341 e. The summed E-state index contributed by atoms with van der Waals surface area (Å²) in [5.74, 6) is -2.62. The van der Waals surface area contributed by atoms with Crippen molar-refractivity contribution in [1.82, 2.24) is 9.80 Å². The summed E-state index contributed by atoms with van der Waals surface area (Å²) in [5, 5.41) is 0. The fraction of sp³-hybridized carbons (Fsp3) is 0.467. The number of rotatable bonds is 2. The second-order valence-electron chi connectivity index (χ2n) is 5.33. The molecule has 0 saturated carbocycles. The normalized spacial score (nSPS) is 16.2. The summed E-state index contributed by atoms with van der Waals surface area (Å²) in [4.78, 5) is 25.5. The zero-order chi connectivity index (χ0) is 17.0. The average Bonchev–Trinajstić information content (AvgIpc) is 2.71. The Hall–Kier alpha value is -2.12. The van der Waals surface area contributed by atoms with E-state index >= 15 is 0 Å². The van der Waals surface area contributed by atoms with Gasteiger partial charge in [0.1, 0.15) is 5.82 Å². The molecule has 1 aliphatic rings. The highest BCUT2D eigenvalue weighted by Crippen LogP contribution is 2.19. The number of carbonyl (C=O) groups is 2. The topological polar surface area (TPSA) is 40.6 Å². The van der Waals surface area contributed by atoms with Crippen molar-refractivity contribution >= 4 is 11.8 Å². The molecule has 1 aromatic rings. The summed E-state index contributed by atoms with van der Waals surface area (Å²) < 4.78 is 50.4. The lowest BCUT2D eigenvalue weighted by Crippen LogP contribution is -2.43. The van der Waals surface area contributed by atoms with E-state index in [1.807, 2.05) is 0 Å². The molecule has 0 aromatic heterocycles. The Morgan fingerprint density at radius 1 is 1.04 bits per heavy atom. The molecule has 0 atom stereocenters. The Morgan fingerprint density at radius 3 is 2.35 bits per heavy atom. The van der Waals surface area contributed by atoms with Crippen LogP contribution < -0.4 is 0 Å².